The second kappa shape index (κ2) is 3.56. The van der Waals surface area contributed by atoms with Gasteiger partial charge in [0.05, 0.1) is 11.1 Å². The van der Waals surface area contributed by atoms with E-state index in [9.17, 15) is 0 Å². The normalized spacial score (nSPS) is 15.8. The number of halogens is 1. The van der Waals surface area contributed by atoms with Gasteiger partial charge < -0.3 is 10.5 Å². The van der Waals surface area contributed by atoms with Crippen molar-refractivity contribution in [2.75, 3.05) is 0 Å². The summed E-state index contributed by atoms with van der Waals surface area (Å²) in [6, 6.07) is 5.70. The summed E-state index contributed by atoms with van der Waals surface area (Å²) in [5.41, 5.74) is 6.52. The van der Waals surface area contributed by atoms with Crippen LogP contribution in [-0.4, -0.2) is 6.10 Å². The smallest absolute Gasteiger partial charge is 0.138 e. The minimum absolute atomic E-state index is 0.390. The third-order valence-electron chi connectivity index (χ3n) is 2.05. The molecule has 2 rings (SSSR count). The van der Waals surface area contributed by atoms with Crippen molar-refractivity contribution >= 4 is 11.6 Å². The van der Waals surface area contributed by atoms with Crippen molar-refractivity contribution in [3.63, 3.8) is 0 Å². The number of benzene rings is 1. The standard InChI is InChI=1S/C10H12ClNO/c11-9-5-7(6-12)1-4-10(9)13-8-2-3-8/h1,4-5,8H,2-3,6,12H2. The molecular formula is C10H12ClNO. The summed E-state index contributed by atoms with van der Waals surface area (Å²) in [7, 11) is 0. The van der Waals surface area contributed by atoms with Gasteiger partial charge in [0.25, 0.3) is 0 Å². The lowest BCUT2D eigenvalue weighted by Gasteiger charge is -2.07. The molecule has 1 aromatic rings. The minimum Gasteiger partial charge on any atom is -0.489 e. The van der Waals surface area contributed by atoms with E-state index in [1.807, 2.05) is 18.2 Å². The number of rotatable bonds is 3. The van der Waals surface area contributed by atoms with E-state index in [1.165, 1.54) is 0 Å². The summed E-state index contributed by atoms with van der Waals surface area (Å²) in [4.78, 5) is 0. The molecule has 0 bridgehead atoms. The zero-order valence-electron chi connectivity index (χ0n) is 7.29. The molecule has 2 N–H and O–H groups in total. The molecular weight excluding hydrogens is 186 g/mol. The summed E-state index contributed by atoms with van der Waals surface area (Å²) in [5.74, 6) is 0.779. The molecule has 0 unspecified atom stereocenters. The van der Waals surface area contributed by atoms with E-state index in [0.717, 1.165) is 24.2 Å². The first-order valence-corrected chi connectivity index (χ1v) is 4.82. The van der Waals surface area contributed by atoms with Crippen molar-refractivity contribution in [1.29, 1.82) is 0 Å². The van der Waals surface area contributed by atoms with Crippen molar-refractivity contribution in [2.24, 2.45) is 5.73 Å². The van der Waals surface area contributed by atoms with Crippen LogP contribution in [0.2, 0.25) is 5.02 Å². The Labute approximate surface area is 82.6 Å². The quantitative estimate of drug-likeness (QED) is 0.808. The lowest BCUT2D eigenvalue weighted by molar-refractivity contribution is 0.303. The molecule has 1 aromatic carbocycles. The van der Waals surface area contributed by atoms with Crippen molar-refractivity contribution < 1.29 is 4.74 Å². The molecule has 1 aliphatic carbocycles. The molecule has 13 heavy (non-hydrogen) atoms. The van der Waals surface area contributed by atoms with Crippen LogP contribution in [-0.2, 0) is 6.54 Å². The Morgan fingerprint density at radius 2 is 2.23 bits per heavy atom. The topological polar surface area (TPSA) is 35.2 Å². The molecule has 1 fully saturated rings. The van der Waals surface area contributed by atoms with Crippen LogP contribution in [0.15, 0.2) is 18.2 Å². The molecule has 0 saturated heterocycles. The van der Waals surface area contributed by atoms with Crippen molar-refractivity contribution in [1.82, 2.24) is 0 Å². The van der Waals surface area contributed by atoms with Crippen LogP contribution in [0.5, 0.6) is 5.75 Å². The predicted molar refractivity (Wildman–Crippen MR) is 53.0 cm³/mol. The molecule has 1 saturated carbocycles. The molecule has 70 valence electrons. The molecule has 0 spiro atoms. The fourth-order valence-corrected chi connectivity index (χ4v) is 1.38. The molecule has 0 aromatic heterocycles. The van der Waals surface area contributed by atoms with Crippen LogP contribution in [0.3, 0.4) is 0 Å². The summed E-state index contributed by atoms with van der Waals surface area (Å²) in [6.07, 6.45) is 2.69. The fourth-order valence-electron chi connectivity index (χ4n) is 1.13. The average molecular weight is 198 g/mol. The summed E-state index contributed by atoms with van der Waals surface area (Å²) in [5, 5.41) is 0.662. The largest absolute Gasteiger partial charge is 0.489 e. The van der Waals surface area contributed by atoms with Crippen LogP contribution >= 0.6 is 11.6 Å². The second-order valence-corrected chi connectivity index (χ2v) is 3.69. The van der Waals surface area contributed by atoms with E-state index in [1.54, 1.807) is 0 Å². The van der Waals surface area contributed by atoms with E-state index in [-0.39, 0.29) is 0 Å². The van der Waals surface area contributed by atoms with E-state index >= 15 is 0 Å². The van der Waals surface area contributed by atoms with Crippen LogP contribution < -0.4 is 10.5 Å². The van der Waals surface area contributed by atoms with Crippen LogP contribution in [0, 0.1) is 0 Å². The van der Waals surface area contributed by atoms with Gasteiger partial charge in [0.2, 0.25) is 0 Å². The third kappa shape index (κ3) is 2.14. The zero-order valence-corrected chi connectivity index (χ0v) is 8.05. The maximum absolute atomic E-state index is 6.00. The van der Waals surface area contributed by atoms with Gasteiger partial charge >= 0.3 is 0 Å². The molecule has 0 radical (unpaired) electrons. The number of hydrogen-bond donors (Lipinski definition) is 1. The molecule has 3 heteroatoms. The SMILES string of the molecule is NCc1ccc(OC2CC2)c(Cl)c1. The third-order valence-corrected chi connectivity index (χ3v) is 2.35. The van der Waals surface area contributed by atoms with Crippen LogP contribution in [0.4, 0.5) is 0 Å². The van der Waals surface area contributed by atoms with Gasteiger partial charge in [-0.15, -0.1) is 0 Å². The minimum atomic E-state index is 0.390. The first-order valence-electron chi connectivity index (χ1n) is 4.45. The van der Waals surface area contributed by atoms with Crippen molar-refractivity contribution in [3.05, 3.63) is 28.8 Å². The Hall–Kier alpha value is -0.730. The highest BCUT2D eigenvalue weighted by Gasteiger charge is 2.24. The molecule has 0 aliphatic heterocycles. The molecule has 0 amide bonds. The predicted octanol–water partition coefficient (Wildman–Crippen LogP) is 2.34. The van der Waals surface area contributed by atoms with E-state index in [4.69, 9.17) is 22.1 Å². The van der Waals surface area contributed by atoms with E-state index in [0.29, 0.717) is 17.7 Å². The van der Waals surface area contributed by atoms with Crippen LogP contribution in [0.1, 0.15) is 18.4 Å². The fraction of sp³-hybridized carbons (Fsp3) is 0.400. The second-order valence-electron chi connectivity index (χ2n) is 3.29. The molecule has 1 aliphatic rings. The van der Waals surface area contributed by atoms with Gasteiger partial charge in [0.1, 0.15) is 5.75 Å². The molecule has 0 heterocycles. The Morgan fingerprint density at radius 3 is 2.77 bits per heavy atom. The summed E-state index contributed by atoms with van der Waals surface area (Å²) < 4.78 is 5.58. The maximum Gasteiger partial charge on any atom is 0.138 e. The Kier molecular flexibility index (Phi) is 2.42. The number of ether oxygens (including phenoxy) is 1. The highest BCUT2D eigenvalue weighted by molar-refractivity contribution is 6.32. The maximum atomic E-state index is 6.00. The van der Waals surface area contributed by atoms with Gasteiger partial charge in [-0.25, -0.2) is 0 Å². The monoisotopic (exact) mass is 197 g/mol. The van der Waals surface area contributed by atoms with Gasteiger partial charge in [0.15, 0.2) is 0 Å². The molecule has 2 nitrogen and oxygen atoms in total. The summed E-state index contributed by atoms with van der Waals surface area (Å²) >= 11 is 6.00. The highest BCUT2D eigenvalue weighted by Crippen LogP contribution is 2.32. The van der Waals surface area contributed by atoms with Crippen LogP contribution in [0.25, 0.3) is 0 Å². The van der Waals surface area contributed by atoms with E-state index < -0.39 is 0 Å². The lowest BCUT2D eigenvalue weighted by Crippen LogP contribution is -1.99. The highest BCUT2D eigenvalue weighted by atomic mass is 35.5. The Bertz CT molecular complexity index is 310. The van der Waals surface area contributed by atoms with Gasteiger partial charge in [-0.05, 0) is 30.5 Å². The van der Waals surface area contributed by atoms with Gasteiger partial charge in [0, 0.05) is 6.54 Å². The average Bonchev–Trinajstić information content (AvgIpc) is 2.92. The van der Waals surface area contributed by atoms with Crippen molar-refractivity contribution in [3.8, 4) is 5.75 Å². The van der Waals surface area contributed by atoms with Crippen molar-refractivity contribution in [2.45, 2.75) is 25.5 Å². The molecule has 0 atom stereocenters. The Balaban J connectivity index is 2.15. The zero-order chi connectivity index (χ0) is 9.26. The first-order chi connectivity index (χ1) is 6.29. The lowest BCUT2D eigenvalue weighted by atomic mass is 10.2. The number of hydrogen-bond acceptors (Lipinski definition) is 2. The first kappa shape index (κ1) is 8.85. The van der Waals surface area contributed by atoms with Gasteiger partial charge in [-0.2, -0.15) is 0 Å². The number of nitrogens with two attached hydrogens (primary N) is 1. The van der Waals surface area contributed by atoms with E-state index in [2.05, 4.69) is 0 Å². The van der Waals surface area contributed by atoms with Gasteiger partial charge in [-0.1, -0.05) is 17.7 Å². The summed E-state index contributed by atoms with van der Waals surface area (Å²) in [6.45, 7) is 0.517. The Morgan fingerprint density at radius 1 is 1.46 bits per heavy atom. The van der Waals surface area contributed by atoms with Gasteiger partial charge in [-0.3, -0.25) is 0 Å².